The second-order valence-corrected chi connectivity index (χ2v) is 3.98. The summed E-state index contributed by atoms with van der Waals surface area (Å²) in [5.74, 6) is -0.720. The fourth-order valence-electron chi connectivity index (χ4n) is 1.51. The molecule has 0 unspecified atom stereocenters. The van der Waals surface area contributed by atoms with E-state index in [1.165, 1.54) is 6.08 Å². The number of benzene rings is 1. The third-order valence-corrected chi connectivity index (χ3v) is 2.48. The van der Waals surface area contributed by atoms with Gasteiger partial charge in [0.05, 0.1) is 12.1 Å². The molecule has 1 rings (SSSR count). The fourth-order valence-corrected chi connectivity index (χ4v) is 1.51. The van der Waals surface area contributed by atoms with Crippen LogP contribution in [0.4, 0.5) is 4.79 Å². The van der Waals surface area contributed by atoms with Gasteiger partial charge in [0.15, 0.2) is 0 Å². The molecular weight excluding hydrogens is 272 g/mol. The van der Waals surface area contributed by atoms with E-state index in [2.05, 4.69) is 5.32 Å². The molecule has 6 nitrogen and oxygen atoms in total. The molecule has 1 aromatic rings. The van der Waals surface area contributed by atoms with Crippen LogP contribution in [0, 0.1) is 0 Å². The molecule has 1 aromatic carbocycles. The maximum absolute atomic E-state index is 12.1. The van der Waals surface area contributed by atoms with Gasteiger partial charge in [-0.3, -0.25) is 9.59 Å². The second kappa shape index (κ2) is 8.52. The van der Waals surface area contributed by atoms with E-state index in [1.807, 2.05) is 6.07 Å². The number of hydrogen-bond acceptors (Lipinski definition) is 4. The predicted octanol–water partition coefficient (Wildman–Crippen LogP) is 1.69. The Kier molecular flexibility index (Phi) is 6.67. The van der Waals surface area contributed by atoms with Crippen molar-refractivity contribution in [3.63, 3.8) is 0 Å². The Balaban J connectivity index is 2.88. The van der Waals surface area contributed by atoms with Crippen molar-refractivity contribution in [2.45, 2.75) is 13.8 Å². The summed E-state index contributed by atoms with van der Waals surface area (Å²) in [5, 5.41) is 3.21. The maximum Gasteiger partial charge on any atom is 0.431 e. The van der Waals surface area contributed by atoms with Gasteiger partial charge in [-0.05, 0) is 25.5 Å². The summed E-state index contributed by atoms with van der Waals surface area (Å²) in [7, 11) is 0. The number of likely N-dealkylation sites (N-methyl/N-ethyl adjacent to an activating group) is 1. The van der Waals surface area contributed by atoms with Crippen molar-refractivity contribution in [1.82, 2.24) is 10.4 Å². The lowest BCUT2D eigenvalue weighted by Crippen LogP contribution is -2.38. The van der Waals surface area contributed by atoms with Gasteiger partial charge in [0.25, 0.3) is 5.91 Å². The maximum atomic E-state index is 12.1. The van der Waals surface area contributed by atoms with E-state index in [9.17, 15) is 14.4 Å². The van der Waals surface area contributed by atoms with E-state index in [1.54, 1.807) is 44.4 Å². The molecule has 0 fully saturated rings. The van der Waals surface area contributed by atoms with Crippen molar-refractivity contribution >= 4 is 24.4 Å². The van der Waals surface area contributed by atoms with E-state index in [4.69, 9.17) is 4.84 Å². The summed E-state index contributed by atoms with van der Waals surface area (Å²) in [6.07, 6.45) is 2.21. The van der Waals surface area contributed by atoms with Gasteiger partial charge >= 0.3 is 6.09 Å². The number of hydroxylamine groups is 2. The van der Waals surface area contributed by atoms with Crippen LogP contribution in [0.1, 0.15) is 19.4 Å². The lowest BCUT2D eigenvalue weighted by Gasteiger charge is -2.19. The predicted molar refractivity (Wildman–Crippen MR) is 77.7 cm³/mol. The molecule has 2 amide bonds. The molecule has 0 aliphatic heterocycles. The first-order valence-corrected chi connectivity index (χ1v) is 6.54. The highest BCUT2D eigenvalue weighted by atomic mass is 16.7. The Labute approximate surface area is 123 Å². The first-order valence-electron chi connectivity index (χ1n) is 6.54. The lowest BCUT2D eigenvalue weighted by molar-refractivity contribution is -0.159. The minimum atomic E-state index is -0.752. The average Bonchev–Trinajstić information content (AvgIpc) is 2.51. The van der Waals surface area contributed by atoms with Crippen molar-refractivity contribution < 1.29 is 19.2 Å². The van der Waals surface area contributed by atoms with Gasteiger partial charge in [0.1, 0.15) is 0 Å². The molecule has 0 spiro atoms. The first kappa shape index (κ1) is 16.4. The van der Waals surface area contributed by atoms with Crippen LogP contribution in [0.3, 0.4) is 0 Å². The summed E-state index contributed by atoms with van der Waals surface area (Å²) in [4.78, 5) is 39.3. The molecule has 0 aliphatic carbocycles. The summed E-state index contributed by atoms with van der Waals surface area (Å²) < 4.78 is 0. The summed E-state index contributed by atoms with van der Waals surface area (Å²) in [5.41, 5.74) is 0.464. The van der Waals surface area contributed by atoms with Gasteiger partial charge in [-0.1, -0.05) is 30.3 Å². The monoisotopic (exact) mass is 289 g/mol. The molecule has 0 heterocycles. The van der Waals surface area contributed by atoms with E-state index in [0.717, 1.165) is 5.06 Å². The molecular formula is C15H17N2O4. The Hall–Kier alpha value is -2.63. The van der Waals surface area contributed by atoms with Gasteiger partial charge in [-0.15, -0.1) is 0 Å². The zero-order chi connectivity index (χ0) is 15.7. The van der Waals surface area contributed by atoms with Crippen molar-refractivity contribution in [3.8, 4) is 0 Å². The summed E-state index contributed by atoms with van der Waals surface area (Å²) in [6.45, 7) is 3.84. The molecule has 0 atom stereocenters. The largest absolute Gasteiger partial charge is 0.431 e. The van der Waals surface area contributed by atoms with Gasteiger partial charge in [0.2, 0.25) is 6.29 Å². The third kappa shape index (κ3) is 5.10. The molecule has 21 heavy (non-hydrogen) atoms. The van der Waals surface area contributed by atoms with E-state index in [-0.39, 0.29) is 12.1 Å². The summed E-state index contributed by atoms with van der Waals surface area (Å²) >= 11 is 0. The van der Waals surface area contributed by atoms with Gasteiger partial charge in [-0.2, -0.15) is 5.06 Å². The first-order chi connectivity index (χ1) is 10.1. The minimum Gasteiger partial charge on any atom is -0.320 e. The number of nitrogens with zero attached hydrogens (tertiary/aromatic N) is 1. The highest BCUT2D eigenvalue weighted by Gasteiger charge is 2.21. The number of hydrogen-bond donors (Lipinski definition) is 1. The van der Waals surface area contributed by atoms with Gasteiger partial charge in [-0.25, -0.2) is 4.79 Å². The number of carbonyl (C=O) groups excluding carboxylic acids is 3. The van der Waals surface area contributed by atoms with Crippen LogP contribution in [0.2, 0.25) is 0 Å². The number of amides is 2. The Bertz CT molecular complexity index is 526. The molecule has 0 aromatic heterocycles. The zero-order valence-electron chi connectivity index (χ0n) is 12.0. The highest BCUT2D eigenvalue weighted by molar-refractivity contribution is 6.14. The fraction of sp³-hybridized carbons (Fsp3) is 0.267. The van der Waals surface area contributed by atoms with Gasteiger partial charge < -0.3 is 10.2 Å². The normalized spacial score (nSPS) is 10.7. The Morgan fingerprint density at radius 2 is 1.95 bits per heavy atom. The number of rotatable bonds is 5. The molecule has 0 aliphatic rings. The van der Waals surface area contributed by atoms with E-state index >= 15 is 0 Å². The van der Waals surface area contributed by atoms with Crippen LogP contribution >= 0.6 is 0 Å². The van der Waals surface area contributed by atoms with Crippen molar-refractivity contribution in [2.75, 3.05) is 13.1 Å². The Morgan fingerprint density at radius 3 is 2.48 bits per heavy atom. The molecule has 111 valence electrons. The smallest absolute Gasteiger partial charge is 0.320 e. The molecule has 6 heteroatoms. The van der Waals surface area contributed by atoms with Gasteiger partial charge in [0, 0.05) is 6.54 Å². The van der Waals surface area contributed by atoms with Crippen LogP contribution in [0.15, 0.2) is 35.9 Å². The average molecular weight is 289 g/mol. The zero-order valence-corrected chi connectivity index (χ0v) is 12.0. The summed E-state index contributed by atoms with van der Waals surface area (Å²) in [6, 6.07) is 8.86. The quantitative estimate of drug-likeness (QED) is 0.387. The topological polar surface area (TPSA) is 75.7 Å². The standard InChI is InChI=1S/C15H17N2O4/c1-3-16-15(20)21-17(4-2)14(19)13(11-18)10-12-8-6-5-7-9-12/h5-10H,3-4H2,1-2H3,(H,16,20). The van der Waals surface area contributed by atoms with Crippen molar-refractivity contribution in [1.29, 1.82) is 0 Å². The second-order valence-electron chi connectivity index (χ2n) is 3.98. The highest BCUT2D eigenvalue weighted by Crippen LogP contribution is 2.08. The van der Waals surface area contributed by atoms with Crippen molar-refractivity contribution in [2.24, 2.45) is 0 Å². The molecule has 1 N–H and O–H groups in total. The third-order valence-electron chi connectivity index (χ3n) is 2.48. The van der Waals surface area contributed by atoms with E-state index in [0.29, 0.717) is 12.1 Å². The molecule has 0 saturated heterocycles. The van der Waals surface area contributed by atoms with Crippen LogP contribution in [0.5, 0.6) is 0 Å². The van der Waals surface area contributed by atoms with Crippen LogP contribution in [-0.2, 0) is 14.4 Å². The SMILES string of the molecule is CCNC(=O)ON(CC)C(=O)C([C]=O)=Cc1ccccc1. The van der Waals surface area contributed by atoms with Crippen molar-refractivity contribution in [3.05, 3.63) is 41.5 Å². The van der Waals surface area contributed by atoms with Crippen LogP contribution < -0.4 is 5.32 Å². The van der Waals surface area contributed by atoms with Crippen LogP contribution in [0.25, 0.3) is 6.08 Å². The molecule has 0 bridgehead atoms. The van der Waals surface area contributed by atoms with E-state index < -0.39 is 12.0 Å². The Morgan fingerprint density at radius 1 is 1.29 bits per heavy atom. The molecule has 1 radical (unpaired) electrons. The number of nitrogens with one attached hydrogen (secondary N) is 1. The molecule has 0 saturated carbocycles. The number of carbonyl (C=O) groups is 2. The lowest BCUT2D eigenvalue weighted by atomic mass is 10.1. The van der Waals surface area contributed by atoms with Crippen LogP contribution in [-0.4, -0.2) is 36.4 Å². The minimum absolute atomic E-state index is 0.115.